The number of anilines is 2. The molecule has 16 heavy (non-hydrogen) atoms. The largest absolute Gasteiger partial charge is 0.356 e. The number of hydrogen-bond donors (Lipinski definition) is 1. The van der Waals surface area contributed by atoms with Gasteiger partial charge in [-0.05, 0) is 71.1 Å². The fourth-order valence-electron chi connectivity index (χ4n) is 1.33. The van der Waals surface area contributed by atoms with Crippen molar-refractivity contribution in [1.82, 2.24) is 0 Å². The van der Waals surface area contributed by atoms with E-state index in [1.807, 2.05) is 36.4 Å². The van der Waals surface area contributed by atoms with Gasteiger partial charge in [0.05, 0.1) is 11.6 Å². The maximum absolute atomic E-state index is 8.68. The van der Waals surface area contributed by atoms with E-state index in [1.54, 1.807) is 12.1 Å². The van der Waals surface area contributed by atoms with Crippen LogP contribution in [0.1, 0.15) is 5.56 Å². The van der Waals surface area contributed by atoms with Crippen molar-refractivity contribution in [3.8, 4) is 6.07 Å². The quantitative estimate of drug-likeness (QED) is 0.852. The Labute approximate surface area is 108 Å². The molecule has 0 unspecified atom stereocenters. The third-order valence-electron chi connectivity index (χ3n) is 2.15. The van der Waals surface area contributed by atoms with E-state index in [2.05, 4.69) is 34.0 Å². The molecule has 0 aromatic heterocycles. The average molecular weight is 320 g/mol. The SMILES string of the molecule is N#Cc1ccc(Nc2ccc(I)cc2)cc1. The zero-order valence-corrected chi connectivity index (χ0v) is 10.6. The van der Waals surface area contributed by atoms with Crippen molar-refractivity contribution in [3.05, 3.63) is 57.7 Å². The van der Waals surface area contributed by atoms with Crippen LogP contribution in [-0.4, -0.2) is 0 Å². The zero-order chi connectivity index (χ0) is 11.4. The molecule has 0 fully saturated rings. The minimum Gasteiger partial charge on any atom is -0.356 e. The summed E-state index contributed by atoms with van der Waals surface area (Å²) < 4.78 is 1.21. The number of nitrogens with zero attached hydrogens (tertiary/aromatic N) is 1. The summed E-state index contributed by atoms with van der Waals surface area (Å²) in [5.41, 5.74) is 2.71. The van der Waals surface area contributed by atoms with E-state index < -0.39 is 0 Å². The van der Waals surface area contributed by atoms with Gasteiger partial charge >= 0.3 is 0 Å². The van der Waals surface area contributed by atoms with E-state index in [1.165, 1.54) is 3.57 Å². The molecule has 2 aromatic carbocycles. The van der Waals surface area contributed by atoms with E-state index in [-0.39, 0.29) is 0 Å². The molecular weight excluding hydrogens is 311 g/mol. The molecule has 2 nitrogen and oxygen atoms in total. The van der Waals surface area contributed by atoms with Gasteiger partial charge in [-0.3, -0.25) is 0 Å². The molecule has 0 aliphatic carbocycles. The number of rotatable bonds is 2. The minimum absolute atomic E-state index is 0.674. The van der Waals surface area contributed by atoms with Gasteiger partial charge in [0, 0.05) is 14.9 Å². The Morgan fingerprint density at radius 3 is 1.88 bits per heavy atom. The van der Waals surface area contributed by atoms with Crippen molar-refractivity contribution in [1.29, 1.82) is 5.26 Å². The highest BCUT2D eigenvalue weighted by Crippen LogP contribution is 2.18. The first kappa shape index (κ1) is 11.0. The molecule has 2 aromatic rings. The van der Waals surface area contributed by atoms with Crippen LogP contribution in [0.15, 0.2) is 48.5 Å². The molecule has 0 heterocycles. The van der Waals surface area contributed by atoms with Crippen molar-refractivity contribution in [2.75, 3.05) is 5.32 Å². The summed E-state index contributed by atoms with van der Waals surface area (Å²) >= 11 is 2.27. The Hall–Kier alpha value is -1.54. The molecule has 1 N–H and O–H groups in total. The topological polar surface area (TPSA) is 35.8 Å². The Balaban J connectivity index is 2.15. The summed E-state index contributed by atoms with van der Waals surface area (Å²) in [6.45, 7) is 0. The predicted octanol–water partition coefficient (Wildman–Crippen LogP) is 3.91. The number of halogens is 1. The molecule has 0 atom stereocenters. The molecule has 0 aliphatic heterocycles. The minimum atomic E-state index is 0.674. The summed E-state index contributed by atoms with van der Waals surface area (Å²) in [5.74, 6) is 0. The van der Waals surface area contributed by atoms with Gasteiger partial charge in [0.2, 0.25) is 0 Å². The van der Waals surface area contributed by atoms with Crippen molar-refractivity contribution in [3.63, 3.8) is 0 Å². The Bertz CT molecular complexity index is 509. The molecule has 0 bridgehead atoms. The summed E-state index contributed by atoms with van der Waals surface area (Å²) in [6.07, 6.45) is 0. The van der Waals surface area contributed by atoms with Crippen molar-refractivity contribution >= 4 is 34.0 Å². The highest BCUT2D eigenvalue weighted by Gasteiger charge is 1.95. The molecule has 0 radical (unpaired) electrons. The normalized spacial score (nSPS) is 9.50. The van der Waals surface area contributed by atoms with Gasteiger partial charge in [0.25, 0.3) is 0 Å². The van der Waals surface area contributed by atoms with E-state index in [9.17, 15) is 0 Å². The van der Waals surface area contributed by atoms with E-state index in [0.717, 1.165) is 11.4 Å². The maximum Gasteiger partial charge on any atom is 0.0991 e. The first-order valence-corrected chi connectivity index (χ1v) is 5.88. The standard InChI is InChI=1S/C13H9IN2/c14-11-3-7-13(8-4-11)16-12-5-1-10(9-15)2-6-12/h1-8,16H. The van der Waals surface area contributed by atoms with Crippen LogP contribution in [0, 0.1) is 14.9 Å². The first-order chi connectivity index (χ1) is 7.78. The second-order valence-corrected chi connectivity index (χ2v) is 4.57. The van der Waals surface area contributed by atoms with Crippen LogP contribution in [0.25, 0.3) is 0 Å². The lowest BCUT2D eigenvalue weighted by atomic mass is 10.2. The van der Waals surface area contributed by atoms with Gasteiger partial charge in [0.1, 0.15) is 0 Å². The maximum atomic E-state index is 8.68. The van der Waals surface area contributed by atoms with Gasteiger partial charge in [0.15, 0.2) is 0 Å². The molecule has 0 aliphatic rings. The van der Waals surface area contributed by atoms with Crippen LogP contribution in [0.2, 0.25) is 0 Å². The number of nitriles is 1. The van der Waals surface area contributed by atoms with Crippen LogP contribution >= 0.6 is 22.6 Å². The van der Waals surface area contributed by atoms with Crippen molar-refractivity contribution in [2.24, 2.45) is 0 Å². The number of hydrogen-bond acceptors (Lipinski definition) is 2. The van der Waals surface area contributed by atoms with Crippen LogP contribution in [0.3, 0.4) is 0 Å². The van der Waals surface area contributed by atoms with Crippen LogP contribution in [-0.2, 0) is 0 Å². The molecular formula is C13H9IN2. The van der Waals surface area contributed by atoms with Gasteiger partial charge in [-0.25, -0.2) is 0 Å². The molecule has 0 saturated heterocycles. The summed E-state index contributed by atoms with van der Waals surface area (Å²) in [4.78, 5) is 0. The van der Waals surface area contributed by atoms with Crippen LogP contribution in [0.5, 0.6) is 0 Å². The summed E-state index contributed by atoms with van der Waals surface area (Å²) in [6, 6.07) is 17.6. The van der Waals surface area contributed by atoms with Gasteiger partial charge < -0.3 is 5.32 Å². The van der Waals surface area contributed by atoms with E-state index in [0.29, 0.717) is 5.56 Å². The van der Waals surface area contributed by atoms with Crippen molar-refractivity contribution < 1.29 is 0 Å². The molecule has 0 amide bonds. The Morgan fingerprint density at radius 2 is 1.38 bits per heavy atom. The monoisotopic (exact) mass is 320 g/mol. The second kappa shape index (κ2) is 4.99. The van der Waals surface area contributed by atoms with Gasteiger partial charge in [-0.2, -0.15) is 5.26 Å². The fraction of sp³-hybridized carbons (Fsp3) is 0. The Morgan fingerprint density at radius 1 is 0.875 bits per heavy atom. The number of benzene rings is 2. The van der Waals surface area contributed by atoms with E-state index in [4.69, 9.17) is 5.26 Å². The highest BCUT2D eigenvalue weighted by atomic mass is 127. The zero-order valence-electron chi connectivity index (χ0n) is 8.44. The fourth-order valence-corrected chi connectivity index (χ4v) is 1.69. The van der Waals surface area contributed by atoms with Crippen LogP contribution in [0.4, 0.5) is 11.4 Å². The summed E-state index contributed by atoms with van der Waals surface area (Å²) in [7, 11) is 0. The third-order valence-corrected chi connectivity index (χ3v) is 2.87. The van der Waals surface area contributed by atoms with Gasteiger partial charge in [-0.15, -0.1) is 0 Å². The molecule has 0 spiro atoms. The van der Waals surface area contributed by atoms with Crippen LogP contribution < -0.4 is 5.32 Å². The molecule has 0 saturated carbocycles. The Kier molecular flexibility index (Phi) is 3.42. The second-order valence-electron chi connectivity index (χ2n) is 3.32. The predicted molar refractivity (Wildman–Crippen MR) is 73.6 cm³/mol. The third kappa shape index (κ3) is 2.74. The smallest absolute Gasteiger partial charge is 0.0991 e. The first-order valence-electron chi connectivity index (χ1n) is 4.81. The lowest BCUT2D eigenvalue weighted by Crippen LogP contribution is -1.89. The summed E-state index contributed by atoms with van der Waals surface area (Å²) in [5, 5.41) is 11.9. The lowest BCUT2D eigenvalue weighted by Gasteiger charge is -2.06. The lowest BCUT2D eigenvalue weighted by molar-refractivity contribution is 1.47. The highest BCUT2D eigenvalue weighted by molar-refractivity contribution is 14.1. The average Bonchev–Trinajstić information content (AvgIpc) is 2.33. The van der Waals surface area contributed by atoms with Gasteiger partial charge in [-0.1, -0.05) is 0 Å². The molecule has 3 heteroatoms. The van der Waals surface area contributed by atoms with E-state index >= 15 is 0 Å². The number of nitrogens with one attached hydrogen (secondary N) is 1. The molecule has 78 valence electrons. The molecule has 2 rings (SSSR count). The van der Waals surface area contributed by atoms with Crippen molar-refractivity contribution in [2.45, 2.75) is 0 Å².